The second-order valence-corrected chi connectivity index (χ2v) is 9.70. The first kappa shape index (κ1) is 28.2. The van der Waals surface area contributed by atoms with E-state index in [4.69, 9.17) is 18.3 Å². The molecule has 8 heteroatoms. The Balaban J connectivity index is 1.29. The van der Waals surface area contributed by atoms with E-state index >= 15 is 0 Å². The van der Waals surface area contributed by atoms with Crippen LogP contribution in [0.3, 0.4) is 0 Å². The van der Waals surface area contributed by atoms with Crippen molar-refractivity contribution >= 4 is 29.0 Å². The van der Waals surface area contributed by atoms with E-state index in [9.17, 15) is 9.59 Å². The van der Waals surface area contributed by atoms with Gasteiger partial charge in [-0.1, -0.05) is 48.5 Å². The maximum atomic E-state index is 12.6. The summed E-state index contributed by atoms with van der Waals surface area (Å²) in [4.78, 5) is 31.2. The minimum absolute atomic E-state index is 0.00407. The lowest BCUT2D eigenvalue weighted by molar-refractivity contribution is 0.0525. The fraction of sp³-hybridized carbons (Fsp3) is 0.0833. The van der Waals surface area contributed by atoms with Crippen molar-refractivity contribution in [3.8, 4) is 34.3 Å². The molecule has 4 aromatic carbocycles. The van der Waals surface area contributed by atoms with E-state index < -0.39 is 11.9 Å². The SMILES string of the molecule is CCOC(=O)c1ccc(-c2oc(-c3ccc(-c4ccc(N(c5ccccc5)c5ccccc5)cc4)o3)nc2C(=O)OC)cc1. The Bertz CT molecular complexity index is 1840. The quantitative estimate of drug-likeness (QED) is 0.156. The summed E-state index contributed by atoms with van der Waals surface area (Å²) in [6.07, 6.45) is 0. The fourth-order valence-electron chi connectivity index (χ4n) is 4.81. The van der Waals surface area contributed by atoms with E-state index in [0.29, 0.717) is 22.6 Å². The normalized spacial score (nSPS) is 10.8. The van der Waals surface area contributed by atoms with Crippen molar-refractivity contribution in [3.63, 3.8) is 0 Å². The van der Waals surface area contributed by atoms with Crippen LogP contribution < -0.4 is 4.90 Å². The van der Waals surface area contributed by atoms with Gasteiger partial charge < -0.3 is 23.2 Å². The van der Waals surface area contributed by atoms with Crippen molar-refractivity contribution < 1.29 is 27.9 Å². The average molecular weight is 585 g/mol. The Morgan fingerprint density at radius 3 is 1.82 bits per heavy atom. The summed E-state index contributed by atoms with van der Waals surface area (Å²) in [5.74, 6) is 0.181. The van der Waals surface area contributed by atoms with Crippen LogP contribution in [-0.4, -0.2) is 30.6 Å². The molecular formula is C36H28N2O6. The standard InChI is InChI=1S/C36H28N2O6/c1-3-42-35(39)26-16-14-25(15-17-26)33-32(36(40)41-2)37-34(44-33)31-23-22-30(43-31)24-18-20-29(21-19-24)38(27-10-6-4-7-11-27)28-12-8-5-9-13-28/h4-23H,3H2,1-2H3. The van der Waals surface area contributed by atoms with Gasteiger partial charge in [0.15, 0.2) is 17.2 Å². The molecule has 0 unspecified atom stereocenters. The van der Waals surface area contributed by atoms with Crippen LogP contribution in [-0.2, 0) is 9.47 Å². The minimum atomic E-state index is -0.659. The number of para-hydroxylation sites is 2. The molecule has 0 bridgehead atoms. The van der Waals surface area contributed by atoms with Crippen molar-refractivity contribution in [2.45, 2.75) is 6.92 Å². The van der Waals surface area contributed by atoms with Gasteiger partial charge in [0.25, 0.3) is 5.89 Å². The summed E-state index contributed by atoms with van der Waals surface area (Å²) in [5, 5.41) is 0. The van der Waals surface area contributed by atoms with E-state index in [-0.39, 0.29) is 24.0 Å². The van der Waals surface area contributed by atoms with Crippen molar-refractivity contribution in [3.05, 3.63) is 133 Å². The molecule has 0 saturated carbocycles. The maximum Gasteiger partial charge on any atom is 0.360 e. The van der Waals surface area contributed by atoms with Crippen LogP contribution in [0.4, 0.5) is 17.1 Å². The van der Waals surface area contributed by atoms with Crippen molar-refractivity contribution in [2.75, 3.05) is 18.6 Å². The summed E-state index contributed by atoms with van der Waals surface area (Å²) in [5.41, 5.74) is 4.86. The molecule has 0 N–H and O–H groups in total. The zero-order valence-corrected chi connectivity index (χ0v) is 24.1. The van der Waals surface area contributed by atoms with Gasteiger partial charge in [0.1, 0.15) is 5.76 Å². The number of nitrogens with zero attached hydrogens (tertiary/aromatic N) is 2. The van der Waals surface area contributed by atoms with Gasteiger partial charge in [0.05, 0.1) is 19.3 Å². The number of hydrogen-bond acceptors (Lipinski definition) is 8. The predicted octanol–water partition coefficient (Wildman–Crippen LogP) is 8.70. The molecule has 0 aliphatic carbocycles. The summed E-state index contributed by atoms with van der Waals surface area (Å²) in [6.45, 7) is 2.01. The highest BCUT2D eigenvalue weighted by atomic mass is 16.5. The van der Waals surface area contributed by atoms with Crippen molar-refractivity contribution in [1.82, 2.24) is 4.98 Å². The molecule has 8 nitrogen and oxygen atoms in total. The smallest absolute Gasteiger partial charge is 0.360 e. The number of carbonyl (C=O) groups is 2. The first-order chi connectivity index (χ1) is 21.6. The largest absolute Gasteiger partial charge is 0.464 e. The van der Waals surface area contributed by atoms with Crippen LogP contribution in [0.1, 0.15) is 27.8 Å². The molecule has 0 amide bonds. The monoisotopic (exact) mass is 584 g/mol. The van der Waals surface area contributed by atoms with Gasteiger partial charge in [-0.05, 0) is 79.7 Å². The number of methoxy groups -OCH3 is 1. The fourth-order valence-corrected chi connectivity index (χ4v) is 4.81. The van der Waals surface area contributed by atoms with Crippen LogP contribution >= 0.6 is 0 Å². The number of furan rings is 1. The molecule has 0 atom stereocenters. The number of carbonyl (C=O) groups excluding carboxylic acids is 2. The van der Waals surface area contributed by atoms with Gasteiger partial charge in [-0.2, -0.15) is 4.98 Å². The summed E-state index contributed by atoms with van der Waals surface area (Å²) < 4.78 is 22.2. The van der Waals surface area contributed by atoms with Crippen LogP contribution in [0, 0.1) is 0 Å². The third-order valence-electron chi connectivity index (χ3n) is 6.92. The zero-order valence-electron chi connectivity index (χ0n) is 24.1. The van der Waals surface area contributed by atoms with E-state index in [1.165, 1.54) is 7.11 Å². The van der Waals surface area contributed by atoms with Crippen LogP contribution in [0.15, 0.2) is 130 Å². The number of esters is 2. The Morgan fingerprint density at radius 2 is 1.23 bits per heavy atom. The Kier molecular flexibility index (Phi) is 8.05. The van der Waals surface area contributed by atoms with Gasteiger partial charge in [-0.15, -0.1) is 0 Å². The molecule has 0 aliphatic heterocycles. The van der Waals surface area contributed by atoms with E-state index in [1.54, 1.807) is 37.3 Å². The highest BCUT2D eigenvalue weighted by Gasteiger charge is 2.25. The number of aromatic nitrogens is 1. The Hall–Kier alpha value is -5.89. The molecular weight excluding hydrogens is 556 g/mol. The minimum Gasteiger partial charge on any atom is -0.464 e. The van der Waals surface area contributed by atoms with Crippen molar-refractivity contribution in [1.29, 1.82) is 0 Å². The summed E-state index contributed by atoms with van der Waals surface area (Å²) >= 11 is 0. The lowest BCUT2D eigenvalue weighted by atomic mass is 10.1. The second-order valence-electron chi connectivity index (χ2n) is 9.70. The molecule has 218 valence electrons. The predicted molar refractivity (Wildman–Crippen MR) is 167 cm³/mol. The highest BCUT2D eigenvalue weighted by Crippen LogP contribution is 2.37. The number of rotatable bonds is 9. The van der Waals surface area contributed by atoms with E-state index in [0.717, 1.165) is 22.6 Å². The number of oxazole rings is 1. The molecule has 44 heavy (non-hydrogen) atoms. The molecule has 0 fully saturated rings. The third kappa shape index (κ3) is 5.73. The lowest BCUT2D eigenvalue weighted by Gasteiger charge is -2.25. The zero-order chi connectivity index (χ0) is 30.5. The molecule has 6 rings (SSSR count). The lowest BCUT2D eigenvalue weighted by Crippen LogP contribution is -2.09. The van der Waals surface area contributed by atoms with Crippen LogP contribution in [0.25, 0.3) is 34.3 Å². The van der Waals surface area contributed by atoms with Gasteiger partial charge in [-0.3, -0.25) is 0 Å². The molecule has 0 aliphatic rings. The van der Waals surface area contributed by atoms with Gasteiger partial charge >= 0.3 is 11.9 Å². The van der Waals surface area contributed by atoms with Gasteiger partial charge in [0, 0.05) is 28.2 Å². The third-order valence-corrected chi connectivity index (χ3v) is 6.92. The Labute approximate surface area is 254 Å². The summed E-state index contributed by atoms with van der Waals surface area (Å²) in [7, 11) is 1.27. The number of ether oxygens (including phenoxy) is 2. The molecule has 6 aromatic rings. The number of benzene rings is 4. The first-order valence-electron chi connectivity index (χ1n) is 14.0. The van der Waals surface area contributed by atoms with Crippen LogP contribution in [0.2, 0.25) is 0 Å². The summed E-state index contributed by atoms with van der Waals surface area (Å²) in [6, 6.07) is 38.5. The average Bonchev–Trinajstić information content (AvgIpc) is 3.75. The van der Waals surface area contributed by atoms with E-state index in [1.807, 2.05) is 66.7 Å². The van der Waals surface area contributed by atoms with Crippen molar-refractivity contribution in [2.24, 2.45) is 0 Å². The molecule has 0 spiro atoms. The number of hydrogen-bond donors (Lipinski definition) is 0. The van der Waals surface area contributed by atoms with E-state index in [2.05, 4.69) is 34.1 Å². The molecule has 2 aromatic heterocycles. The topological polar surface area (TPSA) is 95.0 Å². The molecule has 0 saturated heterocycles. The van der Waals surface area contributed by atoms with Gasteiger partial charge in [-0.25, -0.2) is 9.59 Å². The Morgan fingerprint density at radius 1 is 0.659 bits per heavy atom. The maximum absolute atomic E-state index is 12.6. The van der Waals surface area contributed by atoms with Crippen LogP contribution in [0.5, 0.6) is 0 Å². The second kappa shape index (κ2) is 12.5. The first-order valence-corrected chi connectivity index (χ1v) is 14.0. The van der Waals surface area contributed by atoms with Gasteiger partial charge in [0.2, 0.25) is 0 Å². The number of anilines is 3. The molecule has 0 radical (unpaired) electrons. The highest BCUT2D eigenvalue weighted by molar-refractivity contribution is 5.95. The molecule has 2 heterocycles.